The summed E-state index contributed by atoms with van der Waals surface area (Å²) in [7, 11) is -4.75. The monoisotopic (exact) mass is 595 g/mol. The first kappa shape index (κ1) is 27.6. The quantitative estimate of drug-likeness (QED) is 0.0962. The Morgan fingerprint density at radius 2 is 1.68 bits per heavy atom. The van der Waals surface area contributed by atoms with Crippen LogP contribution in [0.4, 0.5) is 11.8 Å². The molecule has 11 N–H and O–H groups in total. The van der Waals surface area contributed by atoms with Gasteiger partial charge in [-0.2, -0.15) is 4.98 Å². The molecule has 0 radical (unpaired) electrons. The molecule has 4 aromatic rings. The largest absolute Gasteiger partial charge is 0.394 e. The molecule has 6 rings (SSSR count). The van der Waals surface area contributed by atoms with E-state index in [9.17, 15) is 29.6 Å². The van der Waals surface area contributed by atoms with E-state index in [2.05, 4.69) is 29.9 Å². The summed E-state index contributed by atoms with van der Waals surface area (Å²) >= 11 is 0. The zero-order chi connectivity index (χ0) is 29.2. The minimum atomic E-state index is -4.75. The lowest BCUT2D eigenvalue weighted by atomic mass is 10.1. The summed E-state index contributed by atoms with van der Waals surface area (Å²) in [5.41, 5.74) is 15.9. The Labute approximate surface area is 228 Å². The SMILES string of the molecule is Nc1nc2c(ncn2[C@@H]2OC(CO)[C@@H](N)[C@H]2P(=O)(O)OC[C@H]2O[C@@H](n3cnc4c(N)ncnc43)[C@H](O)[C@@H]2O)c(=O)[nH]1. The highest BCUT2D eigenvalue weighted by atomic mass is 31.2. The lowest BCUT2D eigenvalue weighted by Gasteiger charge is -2.27. The maximum Gasteiger partial charge on any atom is 0.337 e. The van der Waals surface area contributed by atoms with Crippen LogP contribution in [-0.4, -0.2) is 109 Å². The summed E-state index contributed by atoms with van der Waals surface area (Å²) in [4.78, 5) is 45.7. The second kappa shape index (κ2) is 10.0. The van der Waals surface area contributed by atoms with E-state index >= 15 is 0 Å². The maximum absolute atomic E-state index is 13.6. The van der Waals surface area contributed by atoms with E-state index < -0.39 is 74.9 Å². The predicted molar refractivity (Wildman–Crippen MR) is 137 cm³/mol. The van der Waals surface area contributed by atoms with E-state index in [0.29, 0.717) is 0 Å². The molecule has 0 aliphatic carbocycles. The van der Waals surface area contributed by atoms with Crippen molar-refractivity contribution in [3.8, 4) is 0 Å². The molecule has 2 fully saturated rings. The number of ether oxygens (including phenoxy) is 2. The second-order valence-corrected chi connectivity index (χ2v) is 11.6. The van der Waals surface area contributed by atoms with E-state index in [1.54, 1.807) is 0 Å². The van der Waals surface area contributed by atoms with Gasteiger partial charge in [0.05, 0.1) is 38.0 Å². The van der Waals surface area contributed by atoms with Crippen molar-refractivity contribution in [1.82, 2.24) is 39.0 Å². The molecule has 0 amide bonds. The van der Waals surface area contributed by atoms with Crippen LogP contribution in [0.5, 0.6) is 0 Å². The fourth-order valence-electron chi connectivity index (χ4n) is 5.08. The van der Waals surface area contributed by atoms with Gasteiger partial charge in [0.25, 0.3) is 5.56 Å². The number of nitrogen functional groups attached to an aromatic ring is 2. The fraction of sp³-hybridized carbons (Fsp3) is 0.500. The third-order valence-electron chi connectivity index (χ3n) is 7.13. The van der Waals surface area contributed by atoms with Gasteiger partial charge >= 0.3 is 7.60 Å². The van der Waals surface area contributed by atoms with Crippen molar-refractivity contribution in [3.05, 3.63) is 29.3 Å². The van der Waals surface area contributed by atoms with Gasteiger partial charge in [0.1, 0.15) is 35.8 Å². The molecule has 2 aliphatic rings. The van der Waals surface area contributed by atoms with Gasteiger partial charge in [-0.3, -0.25) is 23.5 Å². The molecule has 21 heteroatoms. The molecule has 0 aromatic carbocycles. The Bertz CT molecular complexity index is 1710. The first-order valence-corrected chi connectivity index (χ1v) is 13.8. The van der Waals surface area contributed by atoms with Crippen LogP contribution < -0.4 is 22.8 Å². The molecular formula is C20H26N11O9P. The highest BCUT2D eigenvalue weighted by Crippen LogP contribution is 2.57. The molecule has 41 heavy (non-hydrogen) atoms. The summed E-state index contributed by atoms with van der Waals surface area (Å²) < 4.78 is 33.1. The fourth-order valence-corrected chi connectivity index (χ4v) is 6.78. The number of aromatic nitrogens is 8. The number of nitrogens with one attached hydrogen (secondary N) is 1. The minimum absolute atomic E-state index is 0.0513. The van der Waals surface area contributed by atoms with E-state index in [1.807, 2.05) is 0 Å². The lowest BCUT2D eigenvalue weighted by molar-refractivity contribution is -0.0495. The molecule has 9 atom stereocenters. The third kappa shape index (κ3) is 4.45. The van der Waals surface area contributed by atoms with Crippen molar-refractivity contribution < 1.29 is 38.8 Å². The normalized spacial score (nSPS) is 31.7. The highest BCUT2D eigenvalue weighted by Gasteiger charge is 2.55. The molecule has 2 unspecified atom stereocenters. The number of nitrogens with two attached hydrogens (primary N) is 3. The molecule has 220 valence electrons. The first-order valence-electron chi connectivity index (χ1n) is 12.2. The molecule has 2 saturated heterocycles. The number of rotatable bonds is 7. The summed E-state index contributed by atoms with van der Waals surface area (Å²) in [6, 6.07) is -1.21. The summed E-state index contributed by atoms with van der Waals surface area (Å²) in [6.07, 6.45) is -4.28. The van der Waals surface area contributed by atoms with Crippen LogP contribution in [0.25, 0.3) is 22.3 Å². The van der Waals surface area contributed by atoms with Gasteiger partial charge in [-0.25, -0.2) is 19.9 Å². The maximum atomic E-state index is 13.6. The van der Waals surface area contributed by atoms with Crippen molar-refractivity contribution >= 4 is 41.7 Å². The van der Waals surface area contributed by atoms with Crippen LogP contribution in [0, 0.1) is 0 Å². The molecule has 2 aliphatic heterocycles. The number of hydrogen-bond acceptors (Lipinski definition) is 16. The number of hydrogen-bond donors (Lipinski definition) is 8. The Morgan fingerprint density at radius 3 is 2.41 bits per heavy atom. The molecule has 0 saturated carbocycles. The smallest absolute Gasteiger partial charge is 0.337 e. The van der Waals surface area contributed by atoms with Gasteiger partial charge in [0.2, 0.25) is 5.95 Å². The topological polar surface area (TPSA) is 311 Å². The Morgan fingerprint density at radius 1 is 1.00 bits per heavy atom. The first-order chi connectivity index (χ1) is 19.5. The van der Waals surface area contributed by atoms with E-state index in [4.69, 9.17) is 31.2 Å². The van der Waals surface area contributed by atoms with Crippen LogP contribution in [-0.2, 0) is 18.6 Å². The van der Waals surface area contributed by atoms with Gasteiger partial charge in [-0.15, -0.1) is 0 Å². The molecule has 0 spiro atoms. The van der Waals surface area contributed by atoms with Crippen molar-refractivity contribution in [2.45, 2.75) is 48.6 Å². The van der Waals surface area contributed by atoms with Crippen molar-refractivity contribution in [2.24, 2.45) is 5.73 Å². The summed E-state index contributed by atoms with van der Waals surface area (Å²) in [6.45, 7) is -1.25. The third-order valence-corrected chi connectivity index (χ3v) is 9.01. The molecule has 0 bridgehead atoms. The van der Waals surface area contributed by atoms with Crippen molar-refractivity contribution in [3.63, 3.8) is 0 Å². The van der Waals surface area contributed by atoms with E-state index in [-0.39, 0.29) is 34.1 Å². The van der Waals surface area contributed by atoms with Crippen LogP contribution in [0.15, 0.2) is 23.8 Å². The Hall–Kier alpha value is -3.59. The zero-order valence-corrected chi connectivity index (χ0v) is 21.8. The predicted octanol–water partition coefficient (Wildman–Crippen LogP) is -3.47. The van der Waals surface area contributed by atoms with Crippen molar-refractivity contribution in [2.75, 3.05) is 24.7 Å². The number of fused-ring (bicyclic) bond motifs is 2. The zero-order valence-electron chi connectivity index (χ0n) is 20.9. The average Bonchev–Trinajstić information content (AvgIpc) is 3.68. The van der Waals surface area contributed by atoms with Crippen LogP contribution >= 0.6 is 7.60 Å². The van der Waals surface area contributed by atoms with Crippen LogP contribution in [0.3, 0.4) is 0 Å². The highest BCUT2D eigenvalue weighted by molar-refractivity contribution is 7.53. The molecule has 20 nitrogen and oxygen atoms in total. The number of aromatic amines is 1. The van der Waals surface area contributed by atoms with Gasteiger partial charge in [0.15, 0.2) is 35.1 Å². The Balaban J connectivity index is 1.25. The number of aliphatic hydroxyl groups excluding tert-OH is 3. The van der Waals surface area contributed by atoms with E-state index in [1.165, 1.54) is 21.8 Å². The van der Waals surface area contributed by atoms with Gasteiger partial charge in [-0.05, 0) is 0 Å². The van der Waals surface area contributed by atoms with E-state index in [0.717, 1.165) is 6.33 Å². The minimum Gasteiger partial charge on any atom is -0.394 e. The Kier molecular flexibility index (Phi) is 6.76. The van der Waals surface area contributed by atoms with Gasteiger partial charge in [0, 0.05) is 0 Å². The molecule has 6 heterocycles. The lowest BCUT2D eigenvalue weighted by Crippen LogP contribution is -2.42. The summed E-state index contributed by atoms with van der Waals surface area (Å²) in [5, 5.41) is 31.1. The second-order valence-electron chi connectivity index (χ2n) is 9.58. The molecule has 4 aromatic heterocycles. The summed E-state index contributed by atoms with van der Waals surface area (Å²) in [5.74, 6) is -0.132. The number of aliphatic hydroxyl groups is 3. The number of H-pyrrole nitrogens is 1. The number of imidazole rings is 2. The van der Waals surface area contributed by atoms with Crippen molar-refractivity contribution in [1.29, 1.82) is 0 Å². The van der Waals surface area contributed by atoms with Gasteiger partial charge < -0.3 is 51.4 Å². The van der Waals surface area contributed by atoms with Crippen LogP contribution in [0.2, 0.25) is 0 Å². The van der Waals surface area contributed by atoms with Crippen LogP contribution in [0.1, 0.15) is 12.5 Å². The average molecular weight is 595 g/mol. The molecular weight excluding hydrogens is 569 g/mol. The number of nitrogens with zero attached hydrogens (tertiary/aromatic N) is 7. The number of anilines is 2. The standard InChI is InChI=1S/C20H26N11O9P/c21-8-6(1-32)39-19(31-5-27-10-16(31)28-20(23)29-17(10)35)13(8)41(36,37)38-2-7-11(33)12(34)18(40-7)30-4-26-9-14(22)24-3-25-15(9)30/h3-8,11-13,18-19,32-34H,1-2,21H2,(H,36,37)(H2,22,24,25)(H3,23,28,29,35)/t6?,7-,8-,11-,12-,13-,18-,19-/m1/s1. The van der Waals surface area contributed by atoms with Gasteiger partial charge in [-0.1, -0.05) is 0 Å².